The van der Waals surface area contributed by atoms with Crippen LogP contribution in [0.4, 0.5) is 0 Å². The van der Waals surface area contributed by atoms with Gasteiger partial charge in [-0.3, -0.25) is 0 Å². The second-order valence-electron chi connectivity index (χ2n) is 5.10. The van der Waals surface area contributed by atoms with Crippen LogP contribution in [0.3, 0.4) is 0 Å². The highest BCUT2D eigenvalue weighted by Gasteiger charge is 2.19. The molecule has 3 unspecified atom stereocenters. The molecule has 0 radical (unpaired) electrons. The van der Waals surface area contributed by atoms with Gasteiger partial charge >= 0.3 is 0 Å². The lowest BCUT2D eigenvalue weighted by Crippen LogP contribution is -2.41. The number of rotatable bonds is 7. The Morgan fingerprint density at radius 2 is 2.12 bits per heavy atom. The van der Waals surface area contributed by atoms with Crippen molar-refractivity contribution in [3.05, 3.63) is 0 Å². The van der Waals surface area contributed by atoms with Gasteiger partial charge in [0.25, 0.3) is 0 Å². The maximum absolute atomic E-state index is 5.52. The van der Waals surface area contributed by atoms with Crippen molar-refractivity contribution in [3.63, 3.8) is 0 Å². The van der Waals surface area contributed by atoms with Crippen molar-refractivity contribution in [2.75, 3.05) is 26.9 Å². The zero-order valence-corrected chi connectivity index (χ0v) is 11.0. The summed E-state index contributed by atoms with van der Waals surface area (Å²) < 4.78 is 10.5. The van der Waals surface area contributed by atoms with Gasteiger partial charge in [-0.15, -0.1) is 0 Å². The van der Waals surface area contributed by atoms with Crippen molar-refractivity contribution in [3.8, 4) is 0 Å². The Kier molecular flexibility index (Phi) is 7.01. The van der Waals surface area contributed by atoms with Gasteiger partial charge in [0.05, 0.1) is 19.8 Å². The first-order chi connectivity index (χ1) is 7.72. The first-order valence-corrected chi connectivity index (χ1v) is 6.55. The van der Waals surface area contributed by atoms with Crippen molar-refractivity contribution in [2.45, 2.75) is 51.6 Å². The van der Waals surface area contributed by atoms with E-state index in [0.29, 0.717) is 25.3 Å². The second kappa shape index (κ2) is 8.04. The minimum atomic E-state index is 0.451. The number of methoxy groups -OCH3 is 1. The number of hydrogen-bond donors (Lipinski definition) is 1. The smallest absolute Gasteiger partial charge is 0.0701 e. The summed E-state index contributed by atoms with van der Waals surface area (Å²) in [6.07, 6.45) is 5.42. The molecule has 96 valence electrons. The lowest BCUT2D eigenvalue weighted by Gasteiger charge is -2.30. The molecule has 0 saturated heterocycles. The van der Waals surface area contributed by atoms with Crippen molar-refractivity contribution < 1.29 is 9.47 Å². The van der Waals surface area contributed by atoms with Gasteiger partial charge in [-0.1, -0.05) is 19.8 Å². The summed E-state index contributed by atoms with van der Waals surface area (Å²) in [4.78, 5) is 0. The zero-order valence-electron chi connectivity index (χ0n) is 11.0. The summed E-state index contributed by atoms with van der Waals surface area (Å²) in [7, 11) is 1.70. The average molecular weight is 229 g/mol. The third-order valence-electron chi connectivity index (χ3n) is 3.26. The van der Waals surface area contributed by atoms with Crippen molar-refractivity contribution in [1.29, 1.82) is 0 Å². The number of nitrogens with one attached hydrogen (secondary N) is 1. The van der Waals surface area contributed by atoms with E-state index >= 15 is 0 Å². The van der Waals surface area contributed by atoms with Gasteiger partial charge in [-0.05, 0) is 25.7 Å². The molecule has 3 heteroatoms. The summed E-state index contributed by atoms with van der Waals surface area (Å²) in [5.74, 6) is 0.882. The van der Waals surface area contributed by atoms with E-state index in [1.54, 1.807) is 7.11 Å². The molecule has 3 atom stereocenters. The van der Waals surface area contributed by atoms with Crippen LogP contribution in [0.2, 0.25) is 0 Å². The summed E-state index contributed by atoms with van der Waals surface area (Å²) >= 11 is 0. The fourth-order valence-electron chi connectivity index (χ4n) is 2.44. The zero-order chi connectivity index (χ0) is 11.8. The van der Waals surface area contributed by atoms with E-state index in [1.165, 1.54) is 25.7 Å². The van der Waals surface area contributed by atoms with Gasteiger partial charge in [0.1, 0.15) is 0 Å². The topological polar surface area (TPSA) is 30.5 Å². The van der Waals surface area contributed by atoms with Crippen molar-refractivity contribution >= 4 is 0 Å². The van der Waals surface area contributed by atoms with Gasteiger partial charge < -0.3 is 14.8 Å². The first kappa shape index (κ1) is 13.9. The fourth-order valence-corrected chi connectivity index (χ4v) is 2.44. The number of ether oxygens (including phenoxy) is 2. The Bertz CT molecular complexity index is 175. The molecule has 1 aliphatic rings. The molecule has 0 aliphatic heterocycles. The minimum absolute atomic E-state index is 0.451. The maximum Gasteiger partial charge on any atom is 0.0701 e. The Balaban J connectivity index is 2.06. The van der Waals surface area contributed by atoms with E-state index in [1.807, 2.05) is 0 Å². The van der Waals surface area contributed by atoms with Crippen LogP contribution in [0, 0.1) is 5.92 Å². The van der Waals surface area contributed by atoms with Gasteiger partial charge in [0.2, 0.25) is 0 Å². The quantitative estimate of drug-likeness (QED) is 0.679. The largest absolute Gasteiger partial charge is 0.382 e. The van der Waals surface area contributed by atoms with E-state index in [4.69, 9.17) is 9.47 Å². The van der Waals surface area contributed by atoms with E-state index in [9.17, 15) is 0 Å². The summed E-state index contributed by atoms with van der Waals surface area (Å²) in [5.41, 5.74) is 0. The molecule has 1 fully saturated rings. The SMILES string of the molecule is COCCOCC(C)NC1CCCC(C)C1. The van der Waals surface area contributed by atoms with Gasteiger partial charge in [0, 0.05) is 19.2 Å². The Morgan fingerprint density at radius 1 is 1.31 bits per heavy atom. The molecule has 1 saturated carbocycles. The number of hydrogen-bond acceptors (Lipinski definition) is 3. The molecule has 1 N–H and O–H groups in total. The van der Waals surface area contributed by atoms with E-state index in [2.05, 4.69) is 19.2 Å². The standard InChI is InChI=1S/C13H27NO2/c1-11-5-4-6-13(9-11)14-12(2)10-16-8-7-15-3/h11-14H,4-10H2,1-3H3. The highest BCUT2D eigenvalue weighted by molar-refractivity contribution is 4.78. The third kappa shape index (κ3) is 5.83. The predicted molar refractivity (Wildman–Crippen MR) is 66.7 cm³/mol. The average Bonchev–Trinajstić information content (AvgIpc) is 2.24. The molecule has 0 aromatic heterocycles. The van der Waals surface area contributed by atoms with Crippen molar-refractivity contribution in [2.24, 2.45) is 5.92 Å². The van der Waals surface area contributed by atoms with Crippen LogP contribution in [-0.4, -0.2) is 39.0 Å². The summed E-state index contributed by atoms with van der Waals surface area (Å²) in [5, 5.41) is 3.66. The van der Waals surface area contributed by atoms with Crippen LogP contribution in [0.5, 0.6) is 0 Å². The van der Waals surface area contributed by atoms with Gasteiger partial charge in [-0.25, -0.2) is 0 Å². The Hall–Kier alpha value is -0.120. The molecule has 0 amide bonds. The van der Waals surface area contributed by atoms with Crippen LogP contribution < -0.4 is 5.32 Å². The van der Waals surface area contributed by atoms with Crippen molar-refractivity contribution in [1.82, 2.24) is 5.32 Å². The normalized spacial score (nSPS) is 27.9. The molecular weight excluding hydrogens is 202 g/mol. The maximum atomic E-state index is 5.52. The monoisotopic (exact) mass is 229 g/mol. The molecule has 16 heavy (non-hydrogen) atoms. The Labute approximate surface area is 99.9 Å². The highest BCUT2D eigenvalue weighted by atomic mass is 16.5. The first-order valence-electron chi connectivity index (χ1n) is 6.55. The molecule has 0 aromatic carbocycles. The highest BCUT2D eigenvalue weighted by Crippen LogP contribution is 2.23. The van der Waals surface area contributed by atoms with Crippen LogP contribution >= 0.6 is 0 Å². The van der Waals surface area contributed by atoms with Crippen LogP contribution in [-0.2, 0) is 9.47 Å². The van der Waals surface area contributed by atoms with Crippen LogP contribution in [0.15, 0.2) is 0 Å². The lowest BCUT2D eigenvalue weighted by molar-refractivity contribution is 0.0580. The molecule has 0 spiro atoms. The Morgan fingerprint density at radius 3 is 2.81 bits per heavy atom. The van der Waals surface area contributed by atoms with E-state index in [-0.39, 0.29) is 0 Å². The minimum Gasteiger partial charge on any atom is -0.382 e. The van der Waals surface area contributed by atoms with Crippen LogP contribution in [0.25, 0.3) is 0 Å². The molecule has 3 nitrogen and oxygen atoms in total. The van der Waals surface area contributed by atoms with E-state index in [0.717, 1.165) is 12.5 Å². The predicted octanol–water partition coefficient (Wildman–Crippen LogP) is 2.21. The van der Waals surface area contributed by atoms with E-state index < -0.39 is 0 Å². The molecule has 1 aliphatic carbocycles. The van der Waals surface area contributed by atoms with Gasteiger partial charge in [0.15, 0.2) is 0 Å². The third-order valence-corrected chi connectivity index (χ3v) is 3.26. The summed E-state index contributed by atoms with van der Waals surface area (Å²) in [6, 6.07) is 1.15. The fraction of sp³-hybridized carbons (Fsp3) is 1.00. The summed E-state index contributed by atoms with van der Waals surface area (Å²) in [6.45, 7) is 6.73. The van der Waals surface area contributed by atoms with Gasteiger partial charge in [-0.2, -0.15) is 0 Å². The molecule has 0 heterocycles. The molecule has 0 aromatic rings. The molecule has 0 bridgehead atoms. The second-order valence-corrected chi connectivity index (χ2v) is 5.10. The molecule has 1 rings (SSSR count). The van der Waals surface area contributed by atoms with Crippen LogP contribution in [0.1, 0.15) is 39.5 Å². The molecular formula is C13H27NO2. The lowest BCUT2D eigenvalue weighted by atomic mass is 9.87.